The third-order valence-electron chi connectivity index (χ3n) is 6.58. The number of esters is 1. The third-order valence-corrected chi connectivity index (χ3v) is 6.83. The fourth-order valence-corrected chi connectivity index (χ4v) is 4.47. The summed E-state index contributed by atoms with van der Waals surface area (Å²) >= 11 is 6.10. The number of methoxy groups -OCH3 is 1. The summed E-state index contributed by atoms with van der Waals surface area (Å²) < 4.78 is 24.8. The summed E-state index contributed by atoms with van der Waals surface area (Å²) in [5.74, 6) is -0.926. The van der Waals surface area contributed by atoms with Gasteiger partial charge in [0.1, 0.15) is 5.82 Å². The highest BCUT2D eigenvalue weighted by molar-refractivity contribution is 6.30. The molecule has 1 amide bonds. The molecule has 3 aromatic carbocycles. The minimum absolute atomic E-state index is 0.141. The number of ether oxygens (including phenoxy) is 2. The van der Waals surface area contributed by atoms with E-state index in [1.165, 1.54) is 19.2 Å². The van der Waals surface area contributed by atoms with Gasteiger partial charge in [0.2, 0.25) is 0 Å². The lowest BCUT2D eigenvalue weighted by atomic mass is 10.1. The van der Waals surface area contributed by atoms with Gasteiger partial charge in [-0.25, -0.2) is 9.18 Å². The molecule has 0 aromatic heterocycles. The van der Waals surface area contributed by atoms with Crippen molar-refractivity contribution >= 4 is 23.5 Å². The Labute approximate surface area is 221 Å². The van der Waals surface area contributed by atoms with Crippen LogP contribution in [-0.2, 0) is 16.1 Å². The smallest absolute Gasteiger partial charge is 0.337 e. The van der Waals surface area contributed by atoms with Crippen molar-refractivity contribution in [1.82, 2.24) is 9.80 Å². The van der Waals surface area contributed by atoms with E-state index in [9.17, 15) is 14.0 Å². The maximum absolute atomic E-state index is 13.7. The Kier molecular flexibility index (Phi) is 8.92. The van der Waals surface area contributed by atoms with Crippen LogP contribution in [-0.4, -0.2) is 61.5 Å². The first-order valence-electron chi connectivity index (χ1n) is 12.2. The second-order valence-electron chi connectivity index (χ2n) is 9.09. The molecule has 1 heterocycles. The van der Waals surface area contributed by atoms with Crippen molar-refractivity contribution in [3.05, 3.63) is 105 Å². The molecule has 1 saturated heterocycles. The number of hydrogen-bond donors (Lipinski definition) is 0. The lowest BCUT2D eigenvalue weighted by Gasteiger charge is -2.36. The van der Waals surface area contributed by atoms with Crippen molar-refractivity contribution in [2.75, 3.05) is 39.8 Å². The number of rotatable bonds is 8. The van der Waals surface area contributed by atoms with Crippen molar-refractivity contribution in [2.24, 2.45) is 0 Å². The summed E-state index contributed by atoms with van der Waals surface area (Å²) in [7, 11) is 1.36. The van der Waals surface area contributed by atoms with Crippen LogP contribution in [0.3, 0.4) is 0 Å². The molecule has 0 aliphatic carbocycles. The predicted molar refractivity (Wildman–Crippen MR) is 140 cm³/mol. The minimum Gasteiger partial charge on any atom is -0.465 e. The molecule has 1 atom stereocenters. The number of benzene rings is 3. The van der Waals surface area contributed by atoms with E-state index in [1.54, 1.807) is 23.1 Å². The van der Waals surface area contributed by atoms with Crippen LogP contribution in [0.2, 0.25) is 5.02 Å². The highest BCUT2D eigenvalue weighted by atomic mass is 35.5. The third kappa shape index (κ3) is 6.95. The van der Waals surface area contributed by atoms with Crippen LogP contribution in [0.15, 0.2) is 66.7 Å². The zero-order chi connectivity index (χ0) is 26.4. The molecule has 0 spiro atoms. The molecule has 4 rings (SSSR count). The summed E-state index contributed by atoms with van der Waals surface area (Å²) in [6.45, 7) is 5.30. The number of amides is 1. The molecule has 37 heavy (non-hydrogen) atoms. The SMILES string of the molecule is COC(=O)c1ccc(CO[C@H](CN2CCN(C(=O)c3cc(F)ccc3C)CC2)c2ccc(Cl)cc2)cc1. The molecule has 6 nitrogen and oxygen atoms in total. The molecule has 194 valence electrons. The largest absolute Gasteiger partial charge is 0.465 e. The van der Waals surface area contributed by atoms with E-state index in [2.05, 4.69) is 4.90 Å². The highest BCUT2D eigenvalue weighted by Crippen LogP contribution is 2.24. The van der Waals surface area contributed by atoms with Gasteiger partial charge >= 0.3 is 5.97 Å². The van der Waals surface area contributed by atoms with Crippen LogP contribution in [0.1, 0.15) is 43.5 Å². The van der Waals surface area contributed by atoms with Gasteiger partial charge in [-0.05, 0) is 60.0 Å². The fraction of sp³-hybridized carbons (Fsp3) is 0.310. The number of halogens is 2. The van der Waals surface area contributed by atoms with Crippen LogP contribution in [0.25, 0.3) is 0 Å². The maximum atomic E-state index is 13.7. The van der Waals surface area contributed by atoms with Crippen LogP contribution >= 0.6 is 11.6 Å². The Hall–Kier alpha value is -3.26. The maximum Gasteiger partial charge on any atom is 0.337 e. The van der Waals surface area contributed by atoms with E-state index in [4.69, 9.17) is 21.1 Å². The summed E-state index contributed by atoms with van der Waals surface area (Å²) in [5.41, 5.74) is 3.61. The number of carbonyl (C=O) groups excluding carboxylic acids is 2. The number of piperazine rings is 1. The minimum atomic E-state index is -0.407. The van der Waals surface area contributed by atoms with Gasteiger partial charge in [-0.15, -0.1) is 0 Å². The van der Waals surface area contributed by atoms with E-state index in [1.807, 2.05) is 43.3 Å². The Morgan fingerprint density at radius 2 is 1.65 bits per heavy atom. The molecule has 0 bridgehead atoms. The first-order chi connectivity index (χ1) is 17.8. The zero-order valence-electron chi connectivity index (χ0n) is 21.0. The van der Waals surface area contributed by atoms with Gasteiger partial charge in [0, 0.05) is 43.3 Å². The standard InChI is InChI=1S/C29H30ClFN2O4/c1-20-3-12-25(31)17-26(20)28(34)33-15-13-32(14-16-33)18-27(22-8-10-24(30)11-9-22)37-19-21-4-6-23(7-5-21)29(35)36-2/h3-12,17,27H,13-16,18-19H2,1-2H3/t27-/m1/s1. The van der Waals surface area contributed by atoms with Crippen molar-refractivity contribution in [1.29, 1.82) is 0 Å². The zero-order valence-corrected chi connectivity index (χ0v) is 21.7. The van der Waals surface area contributed by atoms with Gasteiger partial charge in [0.05, 0.1) is 25.4 Å². The van der Waals surface area contributed by atoms with Gasteiger partial charge < -0.3 is 14.4 Å². The summed E-state index contributed by atoms with van der Waals surface area (Å²) in [4.78, 5) is 28.7. The van der Waals surface area contributed by atoms with Crippen LogP contribution in [0, 0.1) is 12.7 Å². The normalized spacial score (nSPS) is 14.9. The molecular formula is C29H30ClFN2O4. The molecule has 0 N–H and O–H groups in total. The van der Waals surface area contributed by atoms with Gasteiger partial charge in [-0.1, -0.05) is 41.9 Å². The fourth-order valence-electron chi connectivity index (χ4n) is 4.35. The summed E-state index contributed by atoms with van der Waals surface area (Å²) in [6.07, 6.45) is -0.217. The van der Waals surface area contributed by atoms with Crippen LogP contribution in [0.4, 0.5) is 4.39 Å². The first kappa shape index (κ1) is 26.8. The summed E-state index contributed by atoms with van der Waals surface area (Å²) in [6, 6.07) is 19.1. The average Bonchev–Trinajstić information content (AvgIpc) is 2.92. The van der Waals surface area contributed by atoms with E-state index < -0.39 is 5.82 Å². The Bertz CT molecular complexity index is 1230. The molecule has 3 aromatic rings. The van der Waals surface area contributed by atoms with Crippen LogP contribution < -0.4 is 0 Å². The van der Waals surface area contributed by atoms with Crippen molar-refractivity contribution < 1.29 is 23.5 Å². The summed E-state index contributed by atoms with van der Waals surface area (Å²) in [5, 5.41) is 0.653. The number of nitrogens with zero attached hydrogens (tertiary/aromatic N) is 2. The molecule has 0 saturated carbocycles. The Morgan fingerprint density at radius 1 is 0.973 bits per heavy atom. The Morgan fingerprint density at radius 3 is 2.30 bits per heavy atom. The second kappa shape index (κ2) is 12.3. The highest BCUT2D eigenvalue weighted by Gasteiger charge is 2.26. The number of aryl methyl sites for hydroxylation is 1. The lowest BCUT2D eigenvalue weighted by molar-refractivity contribution is 0.00339. The second-order valence-corrected chi connectivity index (χ2v) is 9.53. The quantitative estimate of drug-likeness (QED) is 0.375. The molecule has 1 aliphatic heterocycles. The number of carbonyl (C=O) groups is 2. The lowest BCUT2D eigenvalue weighted by Crippen LogP contribution is -2.49. The average molecular weight is 525 g/mol. The monoisotopic (exact) mass is 524 g/mol. The molecular weight excluding hydrogens is 495 g/mol. The predicted octanol–water partition coefficient (Wildman–Crippen LogP) is 5.29. The topological polar surface area (TPSA) is 59.1 Å². The van der Waals surface area contributed by atoms with Gasteiger partial charge in [0.25, 0.3) is 5.91 Å². The van der Waals surface area contributed by atoms with Crippen molar-refractivity contribution in [2.45, 2.75) is 19.6 Å². The molecule has 0 radical (unpaired) electrons. The Balaban J connectivity index is 1.39. The van der Waals surface area contributed by atoms with E-state index in [0.29, 0.717) is 55.5 Å². The first-order valence-corrected chi connectivity index (χ1v) is 12.5. The molecule has 0 unspecified atom stereocenters. The van der Waals surface area contributed by atoms with E-state index in [0.717, 1.165) is 16.7 Å². The number of hydrogen-bond acceptors (Lipinski definition) is 5. The van der Waals surface area contributed by atoms with Crippen molar-refractivity contribution in [3.63, 3.8) is 0 Å². The van der Waals surface area contributed by atoms with E-state index in [-0.39, 0.29) is 18.0 Å². The molecule has 8 heteroatoms. The van der Waals surface area contributed by atoms with Gasteiger partial charge in [-0.3, -0.25) is 9.69 Å². The molecule has 1 aliphatic rings. The van der Waals surface area contributed by atoms with Gasteiger partial charge in [0.15, 0.2) is 0 Å². The molecule has 1 fully saturated rings. The van der Waals surface area contributed by atoms with Crippen LogP contribution in [0.5, 0.6) is 0 Å². The van der Waals surface area contributed by atoms with E-state index >= 15 is 0 Å². The van der Waals surface area contributed by atoms with Gasteiger partial charge in [-0.2, -0.15) is 0 Å². The van der Waals surface area contributed by atoms with Crippen molar-refractivity contribution in [3.8, 4) is 0 Å².